The quantitative estimate of drug-likeness (QED) is 0.234. The molecule has 0 aliphatic rings. The topological polar surface area (TPSA) is 140 Å². The number of nitrogens with one attached hydrogen (secondary N) is 3. The second-order valence-corrected chi connectivity index (χ2v) is 9.10. The van der Waals surface area contributed by atoms with E-state index in [1.807, 2.05) is 78.9 Å². The number of amides is 3. The zero-order valence-electron chi connectivity index (χ0n) is 21.8. The average Bonchev–Trinajstić information content (AvgIpc) is 2.95. The SMILES string of the molecule is CN[C@@H](Cc1ccccc1)C(=O)N[C@@H](CC(=O)OCc1ccccc1)C(=O)N[C@@H](Cc1ccccc1)C(N)=O. The van der Waals surface area contributed by atoms with Crippen LogP contribution in [-0.4, -0.2) is 48.9 Å². The monoisotopic (exact) mass is 530 g/mol. The number of rotatable bonds is 14. The van der Waals surface area contributed by atoms with Crippen molar-refractivity contribution in [3.8, 4) is 0 Å². The molecule has 0 unspecified atom stereocenters. The number of benzene rings is 3. The normalized spacial score (nSPS) is 12.9. The van der Waals surface area contributed by atoms with E-state index in [1.165, 1.54) is 0 Å². The highest BCUT2D eigenvalue weighted by atomic mass is 16.5. The van der Waals surface area contributed by atoms with Crippen molar-refractivity contribution in [1.82, 2.24) is 16.0 Å². The molecule has 0 aliphatic carbocycles. The number of ether oxygens (including phenoxy) is 1. The zero-order valence-corrected chi connectivity index (χ0v) is 21.8. The molecule has 0 aromatic heterocycles. The van der Waals surface area contributed by atoms with Crippen LogP contribution in [0.25, 0.3) is 0 Å². The van der Waals surface area contributed by atoms with Crippen LogP contribution in [0.2, 0.25) is 0 Å². The van der Waals surface area contributed by atoms with Crippen molar-refractivity contribution in [2.75, 3.05) is 7.05 Å². The minimum atomic E-state index is -1.29. The Labute approximate surface area is 228 Å². The van der Waals surface area contributed by atoms with Gasteiger partial charge in [-0.3, -0.25) is 19.2 Å². The molecule has 0 saturated carbocycles. The zero-order chi connectivity index (χ0) is 28.0. The van der Waals surface area contributed by atoms with E-state index in [9.17, 15) is 19.2 Å². The molecular formula is C30H34N4O5. The van der Waals surface area contributed by atoms with Crippen molar-refractivity contribution in [1.29, 1.82) is 0 Å². The van der Waals surface area contributed by atoms with E-state index >= 15 is 0 Å². The van der Waals surface area contributed by atoms with Gasteiger partial charge in [-0.05, 0) is 30.2 Å². The van der Waals surface area contributed by atoms with Crippen LogP contribution in [-0.2, 0) is 43.4 Å². The van der Waals surface area contributed by atoms with E-state index in [1.54, 1.807) is 19.2 Å². The third kappa shape index (κ3) is 9.71. The standard InChI is InChI=1S/C30H34N4O5/c1-32-25(18-22-13-7-3-8-14-22)29(37)34-26(19-27(35)39-20-23-15-9-4-10-16-23)30(38)33-24(28(31)36)17-21-11-5-2-6-12-21/h2-16,24-26,32H,17-20H2,1H3,(H2,31,36)(H,33,38)(H,34,37)/t24-,25-,26-/m0/s1. The Morgan fingerprint density at radius 2 is 1.10 bits per heavy atom. The summed E-state index contributed by atoms with van der Waals surface area (Å²) in [6.07, 6.45) is 0.102. The van der Waals surface area contributed by atoms with Gasteiger partial charge in [0.25, 0.3) is 0 Å². The average molecular weight is 531 g/mol. The maximum Gasteiger partial charge on any atom is 0.308 e. The number of carbonyl (C=O) groups excluding carboxylic acids is 4. The number of hydrogen-bond acceptors (Lipinski definition) is 6. The molecule has 0 heterocycles. The van der Waals surface area contributed by atoms with Crippen LogP contribution in [0, 0.1) is 0 Å². The lowest BCUT2D eigenvalue weighted by Gasteiger charge is -2.24. The van der Waals surface area contributed by atoms with E-state index in [-0.39, 0.29) is 13.0 Å². The molecule has 204 valence electrons. The lowest BCUT2D eigenvalue weighted by Crippen LogP contribution is -2.56. The van der Waals surface area contributed by atoms with Crippen LogP contribution in [0.3, 0.4) is 0 Å². The van der Waals surface area contributed by atoms with Gasteiger partial charge in [0.05, 0.1) is 12.5 Å². The molecular weight excluding hydrogens is 496 g/mol. The van der Waals surface area contributed by atoms with Crippen LogP contribution in [0.1, 0.15) is 23.1 Å². The first-order valence-electron chi connectivity index (χ1n) is 12.7. The number of carbonyl (C=O) groups is 4. The van der Waals surface area contributed by atoms with Crippen LogP contribution in [0.15, 0.2) is 91.0 Å². The Morgan fingerprint density at radius 3 is 1.59 bits per heavy atom. The van der Waals surface area contributed by atoms with Gasteiger partial charge in [0.2, 0.25) is 17.7 Å². The van der Waals surface area contributed by atoms with E-state index in [0.29, 0.717) is 6.42 Å². The first-order chi connectivity index (χ1) is 18.9. The lowest BCUT2D eigenvalue weighted by molar-refractivity contribution is -0.147. The summed E-state index contributed by atoms with van der Waals surface area (Å²) in [5.74, 6) is -2.60. The summed E-state index contributed by atoms with van der Waals surface area (Å²) in [7, 11) is 1.64. The Morgan fingerprint density at radius 1 is 0.667 bits per heavy atom. The molecule has 0 bridgehead atoms. The highest BCUT2D eigenvalue weighted by Gasteiger charge is 2.30. The second-order valence-electron chi connectivity index (χ2n) is 9.10. The maximum absolute atomic E-state index is 13.3. The van der Waals surface area contributed by atoms with Gasteiger partial charge < -0.3 is 26.4 Å². The Kier molecular flexibility index (Phi) is 11.2. The molecule has 3 rings (SSSR count). The number of hydrogen-bond donors (Lipinski definition) is 4. The third-order valence-electron chi connectivity index (χ3n) is 6.14. The molecule has 3 aromatic carbocycles. The molecule has 3 amide bonds. The number of likely N-dealkylation sites (N-methyl/N-ethyl adjacent to an activating group) is 1. The summed E-state index contributed by atoms with van der Waals surface area (Å²) < 4.78 is 5.34. The summed E-state index contributed by atoms with van der Waals surface area (Å²) in [4.78, 5) is 51.3. The minimum absolute atomic E-state index is 0.0209. The van der Waals surface area contributed by atoms with Crippen LogP contribution >= 0.6 is 0 Å². The molecule has 39 heavy (non-hydrogen) atoms. The molecule has 9 nitrogen and oxygen atoms in total. The number of nitrogens with two attached hydrogens (primary N) is 1. The molecule has 0 saturated heterocycles. The van der Waals surface area contributed by atoms with Gasteiger partial charge in [-0.25, -0.2) is 0 Å². The minimum Gasteiger partial charge on any atom is -0.461 e. The second kappa shape index (κ2) is 15.0. The summed E-state index contributed by atoms with van der Waals surface area (Å²) in [5.41, 5.74) is 8.06. The fourth-order valence-corrected chi connectivity index (χ4v) is 3.97. The summed E-state index contributed by atoms with van der Waals surface area (Å²) in [6.45, 7) is 0.0209. The molecule has 0 radical (unpaired) electrons. The van der Waals surface area contributed by atoms with E-state index in [2.05, 4.69) is 16.0 Å². The molecule has 0 aliphatic heterocycles. The van der Waals surface area contributed by atoms with E-state index < -0.39 is 48.2 Å². The smallest absolute Gasteiger partial charge is 0.308 e. The Balaban J connectivity index is 1.72. The van der Waals surface area contributed by atoms with Gasteiger partial charge in [-0.2, -0.15) is 0 Å². The summed E-state index contributed by atoms with van der Waals surface area (Å²) >= 11 is 0. The third-order valence-corrected chi connectivity index (χ3v) is 6.14. The van der Waals surface area contributed by atoms with Crippen molar-refractivity contribution >= 4 is 23.7 Å². The van der Waals surface area contributed by atoms with E-state index in [0.717, 1.165) is 16.7 Å². The van der Waals surface area contributed by atoms with Crippen molar-refractivity contribution in [3.63, 3.8) is 0 Å². The molecule has 0 fully saturated rings. The Hall–Kier alpha value is -4.50. The largest absolute Gasteiger partial charge is 0.461 e. The molecule has 5 N–H and O–H groups in total. The number of esters is 1. The van der Waals surface area contributed by atoms with Gasteiger partial charge in [-0.1, -0.05) is 91.0 Å². The molecule has 3 aromatic rings. The molecule has 3 atom stereocenters. The molecule has 0 spiro atoms. The van der Waals surface area contributed by atoms with Gasteiger partial charge in [0, 0.05) is 6.42 Å². The van der Waals surface area contributed by atoms with Crippen molar-refractivity contribution in [2.24, 2.45) is 5.73 Å². The predicted octanol–water partition coefficient (Wildman–Crippen LogP) is 1.65. The first-order valence-corrected chi connectivity index (χ1v) is 12.7. The highest BCUT2D eigenvalue weighted by molar-refractivity contribution is 5.95. The summed E-state index contributed by atoms with van der Waals surface area (Å²) in [6, 6.07) is 24.6. The predicted molar refractivity (Wildman–Crippen MR) is 147 cm³/mol. The lowest BCUT2D eigenvalue weighted by atomic mass is 10.0. The van der Waals surface area contributed by atoms with Gasteiger partial charge in [0.1, 0.15) is 18.7 Å². The maximum atomic E-state index is 13.3. The van der Waals surface area contributed by atoms with Crippen molar-refractivity contribution in [3.05, 3.63) is 108 Å². The number of primary amides is 1. The van der Waals surface area contributed by atoms with Crippen molar-refractivity contribution < 1.29 is 23.9 Å². The fourth-order valence-electron chi connectivity index (χ4n) is 3.97. The van der Waals surface area contributed by atoms with Gasteiger partial charge in [-0.15, -0.1) is 0 Å². The van der Waals surface area contributed by atoms with E-state index in [4.69, 9.17) is 10.5 Å². The fraction of sp³-hybridized carbons (Fsp3) is 0.267. The first kappa shape index (κ1) is 29.1. The van der Waals surface area contributed by atoms with Gasteiger partial charge >= 0.3 is 5.97 Å². The summed E-state index contributed by atoms with van der Waals surface area (Å²) in [5, 5.41) is 8.21. The highest BCUT2D eigenvalue weighted by Crippen LogP contribution is 2.08. The van der Waals surface area contributed by atoms with Crippen LogP contribution < -0.4 is 21.7 Å². The van der Waals surface area contributed by atoms with Crippen LogP contribution in [0.4, 0.5) is 0 Å². The van der Waals surface area contributed by atoms with Gasteiger partial charge in [0.15, 0.2) is 0 Å². The van der Waals surface area contributed by atoms with Crippen LogP contribution in [0.5, 0.6) is 0 Å². The van der Waals surface area contributed by atoms with Crippen molar-refractivity contribution in [2.45, 2.75) is 44.0 Å². The Bertz CT molecular complexity index is 1220. The molecule has 9 heteroatoms.